The second kappa shape index (κ2) is 17.0. The van der Waals surface area contributed by atoms with Crippen molar-refractivity contribution in [3.8, 4) is 0 Å². The second-order valence-electron chi connectivity index (χ2n) is 8.39. The van der Waals surface area contributed by atoms with Crippen LogP contribution in [0.15, 0.2) is 0 Å². The molecule has 3 nitrogen and oxygen atoms in total. The van der Waals surface area contributed by atoms with Crippen molar-refractivity contribution in [3.05, 3.63) is 0 Å². The lowest BCUT2D eigenvalue weighted by Crippen LogP contribution is -2.06. The van der Waals surface area contributed by atoms with E-state index in [4.69, 9.17) is 10.8 Å². The summed E-state index contributed by atoms with van der Waals surface area (Å²) in [4.78, 5) is 10.6. The van der Waals surface area contributed by atoms with Crippen LogP contribution in [0, 0.1) is 5.92 Å². The molecule has 0 aromatic rings. The number of carbonyl (C=O) groups is 1. The van der Waals surface area contributed by atoms with Crippen LogP contribution in [0.4, 0.5) is 0 Å². The first-order valence-corrected chi connectivity index (χ1v) is 13.6. The zero-order valence-electron chi connectivity index (χ0n) is 17.5. The monoisotopic (exact) mass is 417 g/mol. The minimum Gasteiger partial charge on any atom is -0.481 e. The summed E-state index contributed by atoms with van der Waals surface area (Å²) in [7, 11) is 4.35. The Morgan fingerprint density at radius 1 is 0.926 bits per heavy atom. The fraction of sp³-hybridized carbons (Fsp3) is 0.955. The molecule has 0 saturated carbocycles. The molecule has 0 bridgehead atoms. The van der Waals surface area contributed by atoms with Crippen molar-refractivity contribution in [1.29, 1.82) is 0 Å². The van der Waals surface area contributed by atoms with Crippen LogP contribution in [-0.2, 0) is 4.79 Å². The van der Waals surface area contributed by atoms with Crippen LogP contribution in [-0.4, -0.2) is 28.1 Å². The molecule has 160 valence electrons. The lowest BCUT2D eigenvalue weighted by Gasteiger charge is -2.19. The summed E-state index contributed by atoms with van der Waals surface area (Å²) in [6, 6.07) is 0. The molecule has 0 radical (unpaired) electrons. The highest BCUT2D eigenvalue weighted by atomic mass is 33.1. The molecule has 3 unspecified atom stereocenters. The first kappa shape index (κ1) is 25.2. The Bertz CT molecular complexity index is 368. The third-order valence-electron chi connectivity index (χ3n) is 5.68. The van der Waals surface area contributed by atoms with Crippen LogP contribution < -0.4 is 5.73 Å². The first-order valence-electron chi connectivity index (χ1n) is 11.4. The van der Waals surface area contributed by atoms with Gasteiger partial charge in [0.25, 0.3) is 0 Å². The third-order valence-corrected chi connectivity index (χ3v) is 9.24. The lowest BCUT2D eigenvalue weighted by atomic mass is 9.98. The quantitative estimate of drug-likeness (QED) is 0.234. The zero-order chi connectivity index (χ0) is 19.7. The van der Waals surface area contributed by atoms with Gasteiger partial charge in [-0.25, -0.2) is 0 Å². The normalized spacial score (nSPS) is 22.6. The number of carboxylic acids is 1. The number of aliphatic carboxylic acids is 1. The summed E-state index contributed by atoms with van der Waals surface area (Å²) >= 11 is 0. The first-order chi connectivity index (χ1) is 13.1. The highest BCUT2D eigenvalue weighted by Gasteiger charge is 2.17. The van der Waals surface area contributed by atoms with E-state index in [1.807, 2.05) is 0 Å². The Kier molecular flexibility index (Phi) is 15.9. The highest BCUT2D eigenvalue weighted by molar-refractivity contribution is 8.77. The van der Waals surface area contributed by atoms with E-state index in [1.165, 1.54) is 83.5 Å². The fourth-order valence-corrected chi connectivity index (χ4v) is 7.32. The van der Waals surface area contributed by atoms with E-state index >= 15 is 0 Å². The number of hydrogen-bond acceptors (Lipinski definition) is 4. The average molecular weight is 418 g/mol. The molecule has 5 heteroatoms. The minimum absolute atomic E-state index is 0.334. The van der Waals surface area contributed by atoms with Gasteiger partial charge in [0, 0.05) is 16.9 Å². The van der Waals surface area contributed by atoms with Crippen LogP contribution in [0.25, 0.3) is 0 Å². The van der Waals surface area contributed by atoms with Crippen molar-refractivity contribution in [2.24, 2.45) is 11.7 Å². The number of rotatable bonds is 14. The number of carboxylic acid groups (broad SMARTS) is 1. The van der Waals surface area contributed by atoms with E-state index in [1.54, 1.807) is 0 Å². The Hall–Kier alpha value is 0.130. The van der Waals surface area contributed by atoms with E-state index in [9.17, 15) is 4.79 Å². The van der Waals surface area contributed by atoms with Gasteiger partial charge in [-0.15, -0.1) is 0 Å². The van der Waals surface area contributed by atoms with E-state index in [0.717, 1.165) is 35.8 Å². The minimum atomic E-state index is -0.655. The van der Waals surface area contributed by atoms with Gasteiger partial charge >= 0.3 is 5.97 Å². The Labute approximate surface area is 175 Å². The maximum absolute atomic E-state index is 10.6. The Morgan fingerprint density at radius 3 is 2.11 bits per heavy atom. The summed E-state index contributed by atoms with van der Waals surface area (Å²) < 4.78 is 0. The van der Waals surface area contributed by atoms with Gasteiger partial charge in [-0.2, -0.15) is 0 Å². The zero-order valence-corrected chi connectivity index (χ0v) is 19.1. The van der Waals surface area contributed by atoms with Crippen molar-refractivity contribution in [3.63, 3.8) is 0 Å². The topological polar surface area (TPSA) is 63.3 Å². The fourth-order valence-electron chi connectivity index (χ4n) is 3.85. The molecule has 1 fully saturated rings. The lowest BCUT2D eigenvalue weighted by molar-refractivity contribution is -0.137. The number of nitrogens with two attached hydrogens (primary N) is 1. The maximum atomic E-state index is 10.6. The van der Waals surface area contributed by atoms with Crippen LogP contribution in [0.5, 0.6) is 0 Å². The van der Waals surface area contributed by atoms with Gasteiger partial charge in [-0.3, -0.25) is 4.79 Å². The summed E-state index contributed by atoms with van der Waals surface area (Å²) in [6.07, 6.45) is 19.6. The molecule has 27 heavy (non-hydrogen) atoms. The second-order valence-corrected chi connectivity index (χ2v) is 11.3. The van der Waals surface area contributed by atoms with Gasteiger partial charge in [-0.05, 0) is 51.0 Å². The molecular formula is C22H43NO2S2. The van der Waals surface area contributed by atoms with Crippen molar-refractivity contribution in [1.82, 2.24) is 0 Å². The van der Waals surface area contributed by atoms with Gasteiger partial charge in [0.2, 0.25) is 0 Å². The molecular weight excluding hydrogens is 374 g/mol. The summed E-state index contributed by atoms with van der Waals surface area (Å²) in [5.74, 6) is 0.135. The average Bonchev–Trinajstić information content (AvgIpc) is 2.74. The van der Waals surface area contributed by atoms with Crippen molar-refractivity contribution < 1.29 is 9.90 Å². The molecule has 3 atom stereocenters. The molecule has 3 N–H and O–H groups in total. The molecule has 0 aliphatic carbocycles. The molecule has 1 rings (SSSR count). The smallest absolute Gasteiger partial charge is 0.303 e. The standard InChI is InChI=1S/C22H43NO2S2/c1-19(17-18-23)11-9-10-15-21-14-7-4-6-13-20(26-27-21)12-5-2-3-8-16-22(24)25/h19-21H,2-18,23H2,1H3,(H,24,25). The molecule has 0 spiro atoms. The summed E-state index contributed by atoms with van der Waals surface area (Å²) in [6.45, 7) is 3.17. The summed E-state index contributed by atoms with van der Waals surface area (Å²) in [5, 5.41) is 10.3. The predicted octanol–water partition coefficient (Wildman–Crippen LogP) is 7.04. The van der Waals surface area contributed by atoms with Gasteiger partial charge in [0.1, 0.15) is 0 Å². The third kappa shape index (κ3) is 14.7. The van der Waals surface area contributed by atoms with Gasteiger partial charge < -0.3 is 10.8 Å². The van der Waals surface area contributed by atoms with Crippen molar-refractivity contribution in [2.75, 3.05) is 6.54 Å². The Morgan fingerprint density at radius 2 is 1.52 bits per heavy atom. The molecule has 1 aliphatic heterocycles. The van der Waals surface area contributed by atoms with Crippen molar-refractivity contribution in [2.45, 2.75) is 120 Å². The molecule has 1 aliphatic rings. The molecule has 0 aromatic carbocycles. The van der Waals surface area contributed by atoms with Crippen molar-refractivity contribution >= 4 is 27.6 Å². The van der Waals surface area contributed by atoms with Crippen LogP contribution >= 0.6 is 21.6 Å². The molecule has 1 heterocycles. The van der Waals surface area contributed by atoms with Crippen LogP contribution in [0.2, 0.25) is 0 Å². The van der Waals surface area contributed by atoms with E-state index in [-0.39, 0.29) is 0 Å². The maximum Gasteiger partial charge on any atom is 0.303 e. The van der Waals surface area contributed by atoms with E-state index in [2.05, 4.69) is 28.5 Å². The van der Waals surface area contributed by atoms with Crippen LogP contribution in [0.3, 0.4) is 0 Å². The van der Waals surface area contributed by atoms with Gasteiger partial charge in [0.15, 0.2) is 0 Å². The van der Waals surface area contributed by atoms with Gasteiger partial charge in [0.05, 0.1) is 0 Å². The molecule has 0 amide bonds. The molecule has 1 saturated heterocycles. The Balaban J connectivity index is 2.17. The highest BCUT2D eigenvalue weighted by Crippen LogP contribution is 2.41. The number of hydrogen-bond donors (Lipinski definition) is 2. The van der Waals surface area contributed by atoms with E-state index in [0.29, 0.717) is 6.42 Å². The largest absolute Gasteiger partial charge is 0.481 e. The van der Waals surface area contributed by atoms with Gasteiger partial charge in [-0.1, -0.05) is 86.3 Å². The number of unbranched alkanes of at least 4 members (excludes halogenated alkanes) is 4. The molecule has 0 aromatic heterocycles. The SMILES string of the molecule is CC(CCN)CCCCC1CCCCCC(CCCCCCC(=O)O)SS1. The summed E-state index contributed by atoms with van der Waals surface area (Å²) in [5.41, 5.74) is 5.65. The predicted molar refractivity (Wildman–Crippen MR) is 122 cm³/mol. The van der Waals surface area contributed by atoms with Crippen LogP contribution in [0.1, 0.15) is 110 Å². The van der Waals surface area contributed by atoms with E-state index < -0.39 is 5.97 Å².